The summed E-state index contributed by atoms with van der Waals surface area (Å²) in [6.45, 7) is 6.19. The second-order valence-electron chi connectivity index (χ2n) is 8.25. The Balaban J connectivity index is 1.32. The van der Waals surface area contributed by atoms with Gasteiger partial charge in [0, 0.05) is 42.6 Å². The zero-order valence-corrected chi connectivity index (χ0v) is 17.4. The number of piperazine rings is 1. The lowest BCUT2D eigenvalue weighted by Gasteiger charge is -2.34. The Kier molecular flexibility index (Phi) is 4.96. The molecule has 2 aromatic heterocycles. The van der Waals surface area contributed by atoms with Crippen LogP contribution in [0.4, 0.5) is 29.0 Å². The molecular formula is C23H27N7. The van der Waals surface area contributed by atoms with Gasteiger partial charge in [0.25, 0.3) is 0 Å². The minimum atomic E-state index is 0.549. The molecule has 0 amide bonds. The first-order valence-corrected chi connectivity index (χ1v) is 10.5. The largest absolute Gasteiger partial charge is 0.353 e. The van der Waals surface area contributed by atoms with Crippen LogP contribution in [0.2, 0.25) is 0 Å². The Hall–Kier alpha value is -3.19. The number of benzene rings is 1. The number of aryl methyl sites for hydroxylation is 2. The Morgan fingerprint density at radius 1 is 0.900 bits per heavy atom. The molecule has 30 heavy (non-hydrogen) atoms. The van der Waals surface area contributed by atoms with Crippen LogP contribution in [-0.2, 0) is 0 Å². The molecule has 2 atom stereocenters. The number of nitrogens with zero attached hydrogens (tertiary/aromatic N) is 4. The first-order chi connectivity index (χ1) is 14.6. The summed E-state index contributed by atoms with van der Waals surface area (Å²) in [5.41, 5.74) is 4.04. The Morgan fingerprint density at radius 2 is 1.67 bits per heavy atom. The summed E-state index contributed by atoms with van der Waals surface area (Å²) in [7, 11) is 0. The first-order valence-electron chi connectivity index (χ1n) is 10.5. The van der Waals surface area contributed by atoms with E-state index < -0.39 is 0 Å². The van der Waals surface area contributed by atoms with Crippen molar-refractivity contribution in [3.05, 3.63) is 59.9 Å². The molecule has 154 valence electrons. The normalized spacial score (nSPS) is 20.3. The van der Waals surface area contributed by atoms with Crippen LogP contribution in [0.15, 0.2) is 48.8 Å². The lowest BCUT2D eigenvalue weighted by Crippen LogP contribution is -2.51. The number of para-hydroxylation sites is 1. The van der Waals surface area contributed by atoms with E-state index in [0.29, 0.717) is 18.0 Å². The maximum atomic E-state index is 4.77. The third-order valence-electron chi connectivity index (χ3n) is 5.83. The Labute approximate surface area is 177 Å². The summed E-state index contributed by atoms with van der Waals surface area (Å²) in [6, 6.07) is 13.3. The van der Waals surface area contributed by atoms with Crippen LogP contribution in [0.5, 0.6) is 0 Å². The van der Waals surface area contributed by atoms with Crippen LogP contribution in [-0.4, -0.2) is 40.1 Å². The van der Waals surface area contributed by atoms with Crippen molar-refractivity contribution in [2.75, 3.05) is 28.6 Å². The molecule has 2 bridgehead atoms. The fourth-order valence-electron chi connectivity index (χ4n) is 4.35. The van der Waals surface area contributed by atoms with Crippen molar-refractivity contribution in [2.24, 2.45) is 0 Å². The molecule has 1 aromatic carbocycles. The standard InChI is InChI=1S/C23H27N7/c1-15-10-20(12-24-22(15)30-13-18-8-9-19(14-30)26-18)28-23-25-11-16(2)21(29-23)27-17-6-4-3-5-7-17/h3-7,10-12,18-19,26H,8-9,13-14H2,1-2H3,(H2,25,27,28,29). The molecule has 0 radical (unpaired) electrons. The van der Waals surface area contributed by atoms with Gasteiger partial charge in [-0.25, -0.2) is 9.97 Å². The van der Waals surface area contributed by atoms with Gasteiger partial charge in [0.15, 0.2) is 0 Å². The lowest BCUT2D eigenvalue weighted by molar-refractivity contribution is 0.463. The number of hydrogen-bond acceptors (Lipinski definition) is 7. The molecule has 0 spiro atoms. The quantitative estimate of drug-likeness (QED) is 0.598. The predicted molar refractivity (Wildman–Crippen MR) is 121 cm³/mol. The SMILES string of the molecule is Cc1cnc(Nc2cnc(N3CC4CCC(C3)N4)c(C)c2)nc1Nc1ccccc1. The third kappa shape index (κ3) is 3.93. The van der Waals surface area contributed by atoms with Crippen LogP contribution in [0.25, 0.3) is 0 Å². The summed E-state index contributed by atoms with van der Waals surface area (Å²) < 4.78 is 0. The molecule has 0 saturated carbocycles. The van der Waals surface area contributed by atoms with E-state index in [0.717, 1.165) is 47.2 Å². The average molecular weight is 402 g/mol. The fraction of sp³-hybridized carbons (Fsp3) is 0.348. The van der Waals surface area contributed by atoms with Crippen LogP contribution < -0.4 is 20.9 Å². The molecule has 2 aliphatic heterocycles. The molecule has 3 N–H and O–H groups in total. The molecule has 5 rings (SSSR count). The van der Waals surface area contributed by atoms with Crippen molar-refractivity contribution < 1.29 is 0 Å². The Morgan fingerprint density at radius 3 is 2.40 bits per heavy atom. The van der Waals surface area contributed by atoms with E-state index in [-0.39, 0.29) is 0 Å². The summed E-state index contributed by atoms with van der Waals surface area (Å²) >= 11 is 0. The maximum absolute atomic E-state index is 4.77. The Bertz CT molecular complexity index is 1020. The molecule has 0 aliphatic carbocycles. The zero-order valence-electron chi connectivity index (χ0n) is 17.4. The molecule has 2 aliphatic rings. The monoisotopic (exact) mass is 401 g/mol. The highest BCUT2D eigenvalue weighted by Crippen LogP contribution is 2.28. The van der Waals surface area contributed by atoms with E-state index >= 15 is 0 Å². The zero-order chi connectivity index (χ0) is 20.5. The van der Waals surface area contributed by atoms with E-state index in [1.807, 2.05) is 49.6 Å². The third-order valence-corrected chi connectivity index (χ3v) is 5.83. The van der Waals surface area contributed by atoms with E-state index in [1.54, 1.807) is 0 Å². The number of aromatic nitrogens is 3. The topological polar surface area (TPSA) is 78.0 Å². The van der Waals surface area contributed by atoms with Gasteiger partial charge in [0.1, 0.15) is 11.6 Å². The number of fused-ring (bicyclic) bond motifs is 2. The van der Waals surface area contributed by atoms with Crippen molar-refractivity contribution in [1.82, 2.24) is 20.3 Å². The fourth-order valence-corrected chi connectivity index (χ4v) is 4.35. The van der Waals surface area contributed by atoms with E-state index in [9.17, 15) is 0 Å². The number of nitrogens with one attached hydrogen (secondary N) is 3. The van der Waals surface area contributed by atoms with E-state index in [4.69, 9.17) is 4.98 Å². The molecule has 2 unspecified atom stereocenters. The second-order valence-corrected chi connectivity index (χ2v) is 8.25. The van der Waals surface area contributed by atoms with E-state index in [2.05, 4.69) is 43.8 Å². The van der Waals surface area contributed by atoms with Gasteiger partial charge in [0.2, 0.25) is 5.95 Å². The molecular weight excluding hydrogens is 374 g/mol. The van der Waals surface area contributed by atoms with Crippen LogP contribution >= 0.6 is 0 Å². The smallest absolute Gasteiger partial charge is 0.229 e. The predicted octanol–water partition coefficient (Wildman–Crippen LogP) is 3.92. The number of pyridine rings is 1. The van der Waals surface area contributed by atoms with Gasteiger partial charge < -0.3 is 20.9 Å². The van der Waals surface area contributed by atoms with E-state index in [1.165, 1.54) is 12.8 Å². The van der Waals surface area contributed by atoms with Gasteiger partial charge in [-0.2, -0.15) is 4.98 Å². The van der Waals surface area contributed by atoms with Crippen molar-refractivity contribution in [1.29, 1.82) is 0 Å². The highest BCUT2D eigenvalue weighted by molar-refractivity contribution is 5.63. The summed E-state index contributed by atoms with van der Waals surface area (Å²) in [5.74, 6) is 2.42. The number of hydrogen-bond donors (Lipinski definition) is 3. The summed E-state index contributed by atoms with van der Waals surface area (Å²) in [6.07, 6.45) is 6.24. The average Bonchev–Trinajstić information content (AvgIpc) is 3.09. The van der Waals surface area contributed by atoms with Gasteiger partial charge in [-0.1, -0.05) is 18.2 Å². The lowest BCUT2D eigenvalue weighted by atomic mass is 10.2. The second kappa shape index (κ2) is 7.91. The van der Waals surface area contributed by atoms with Crippen molar-refractivity contribution in [2.45, 2.75) is 38.8 Å². The van der Waals surface area contributed by atoms with Crippen molar-refractivity contribution >= 4 is 29.0 Å². The number of rotatable bonds is 5. The van der Waals surface area contributed by atoms with Gasteiger partial charge in [-0.3, -0.25) is 0 Å². The summed E-state index contributed by atoms with van der Waals surface area (Å²) in [4.78, 5) is 16.3. The molecule has 7 heteroatoms. The van der Waals surface area contributed by atoms with Crippen molar-refractivity contribution in [3.8, 4) is 0 Å². The van der Waals surface area contributed by atoms with Crippen LogP contribution in [0.3, 0.4) is 0 Å². The minimum Gasteiger partial charge on any atom is -0.353 e. The van der Waals surface area contributed by atoms with Crippen molar-refractivity contribution in [3.63, 3.8) is 0 Å². The molecule has 4 heterocycles. The van der Waals surface area contributed by atoms with Crippen LogP contribution in [0, 0.1) is 13.8 Å². The molecule has 3 aromatic rings. The highest BCUT2D eigenvalue weighted by Gasteiger charge is 2.33. The van der Waals surface area contributed by atoms with Gasteiger partial charge in [-0.15, -0.1) is 0 Å². The van der Waals surface area contributed by atoms with Gasteiger partial charge in [0.05, 0.1) is 11.9 Å². The number of anilines is 5. The molecule has 2 fully saturated rings. The minimum absolute atomic E-state index is 0.549. The first kappa shape index (κ1) is 18.8. The maximum Gasteiger partial charge on any atom is 0.229 e. The van der Waals surface area contributed by atoms with Gasteiger partial charge in [-0.05, 0) is 50.5 Å². The molecule has 7 nitrogen and oxygen atoms in total. The molecule has 2 saturated heterocycles. The van der Waals surface area contributed by atoms with Gasteiger partial charge >= 0.3 is 0 Å². The van der Waals surface area contributed by atoms with Crippen LogP contribution in [0.1, 0.15) is 24.0 Å². The summed E-state index contributed by atoms with van der Waals surface area (Å²) in [5, 5.41) is 10.3. The highest BCUT2D eigenvalue weighted by atomic mass is 15.3.